The molecule has 1 aromatic rings. The summed E-state index contributed by atoms with van der Waals surface area (Å²) in [5, 5.41) is 22.1. The number of hydrogen-bond donors (Lipinski definition) is 4. The van der Waals surface area contributed by atoms with Crippen molar-refractivity contribution in [3.63, 3.8) is 0 Å². The Bertz CT molecular complexity index is 1360. The fourth-order valence-corrected chi connectivity index (χ4v) is 7.46. The van der Waals surface area contributed by atoms with Crippen molar-refractivity contribution in [2.45, 2.75) is 70.4 Å². The second-order valence-corrected chi connectivity index (χ2v) is 13.3. The largest absolute Gasteiger partial charge is 0.487 e. The zero-order chi connectivity index (χ0) is 32.1. The summed E-state index contributed by atoms with van der Waals surface area (Å²) in [7, 11) is 1.24. The van der Waals surface area contributed by atoms with E-state index in [9.17, 15) is 33.4 Å². The minimum atomic E-state index is -2.95. The number of hydrogen-bond acceptors (Lipinski definition) is 8. The first-order chi connectivity index (χ1) is 20.7. The SMILES string of the molecule is CN(N)/C(=C(\N)COc1ccc(Cl)c2c1C(CN1CC3(CC3)CC1=O)N(C(=O)C1CCCC(O)[C@]1(C)C(=O)O)CC2)C(F)F. The van der Waals surface area contributed by atoms with Gasteiger partial charge in [-0.05, 0) is 62.1 Å². The van der Waals surface area contributed by atoms with Crippen LogP contribution in [0.2, 0.25) is 5.02 Å². The van der Waals surface area contributed by atoms with E-state index in [4.69, 9.17) is 27.9 Å². The highest BCUT2D eigenvalue weighted by Gasteiger charge is 2.56. The number of carboxylic acid groups (broad SMARTS) is 1. The molecule has 3 unspecified atom stereocenters. The quantitative estimate of drug-likeness (QED) is 0.235. The van der Waals surface area contributed by atoms with Crippen molar-refractivity contribution in [1.29, 1.82) is 0 Å². The van der Waals surface area contributed by atoms with Crippen LogP contribution < -0.4 is 16.3 Å². The van der Waals surface area contributed by atoms with Crippen molar-refractivity contribution < 1.29 is 38.1 Å². The van der Waals surface area contributed by atoms with Gasteiger partial charge in [0.15, 0.2) is 0 Å². The number of fused-ring (bicyclic) bond motifs is 1. The molecule has 2 aliphatic heterocycles. The second-order valence-electron chi connectivity index (χ2n) is 12.9. The Labute approximate surface area is 259 Å². The third kappa shape index (κ3) is 5.69. The van der Waals surface area contributed by atoms with Crippen molar-refractivity contribution in [2.24, 2.45) is 28.3 Å². The van der Waals surface area contributed by atoms with Gasteiger partial charge in [-0.1, -0.05) is 18.0 Å². The summed E-state index contributed by atoms with van der Waals surface area (Å²) in [6, 6.07) is 2.42. The van der Waals surface area contributed by atoms with Crippen LogP contribution in [0.5, 0.6) is 5.75 Å². The maximum atomic E-state index is 14.4. The Morgan fingerprint density at radius 2 is 1.98 bits per heavy atom. The molecule has 11 nitrogen and oxygen atoms in total. The summed E-state index contributed by atoms with van der Waals surface area (Å²) >= 11 is 6.65. The van der Waals surface area contributed by atoms with Crippen molar-refractivity contribution in [3.05, 3.63) is 39.7 Å². The minimum absolute atomic E-state index is 0.0327. The Hall–Kier alpha value is -3.16. The van der Waals surface area contributed by atoms with Crippen LogP contribution in [0, 0.1) is 16.7 Å². The van der Waals surface area contributed by atoms with Gasteiger partial charge in [0, 0.05) is 43.7 Å². The number of rotatable bonds is 9. The van der Waals surface area contributed by atoms with E-state index in [0.717, 1.165) is 17.9 Å². The molecule has 3 fully saturated rings. The van der Waals surface area contributed by atoms with E-state index in [1.54, 1.807) is 21.9 Å². The number of ether oxygens (including phenoxy) is 1. The molecule has 4 aliphatic rings. The molecular weight excluding hydrogens is 600 g/mol. The van der Waals surface area contributed by atoms with Crippen LogP contribution in [0.25, 0.3) is 0 Å². The number of carbonyl (C=O) groups is 3. The lowest BCUT2D eigenvalue weighted by atomic mass is 9.64. The van der Waals surface area contributed by atoms with Gasteiger partial charge >= 0.3 is 5.97 Å². The minimum Gasteiger partial charge on any atom is -0.487 e. The number of aliphatic carboxylic acids is 1. The summed E-state index contributed by atoms with van der Waals surface area (Å²) in [5.41, 5.74) is 4.54. The van der Waals surface area contributed by atoms with Gasteiger partial charge in [0.25, 0.3) is 6.43 Å². The number of likely N-dealkylation sites (tertiary alicyclic amines) is 1. The number of halogens is 3. The smallest absolute Gasteiger partial charge is 0.312 e. The molecule has 2 aliphatic carbocycles. The van der Waals surface area contributed by atoms with Crippen LogP contribution in [-0.2, 0) is 20.8 Å². The summed E-state index contributed by atoms with van der Waals surface area (Å²) in [5.74, 6) is 3.09. The summed E-state index contributed by atoms with van der Waals surface area (Å²) in [6.45, 7) is 1.83. The first-order valence-corrected chi connectivity index (χ1v) is 15.3. The van der Waals surface area contributed by atoms with Gasteiger partial charge < -0.3 is 35.5 Å². The normalized spacial score (nSPS) is 28.2. The highest BCUT2D eigenvalue weighted by Crippen LogP contribution is 2.54. The first-order valence-electron chi connectivity index (χ1n) is 14.9. The molecule has 2 heterocycles. The second kappa shape index (κ2) is 12.0. The number of alkyl halides is 2. The number of benzene rings is 1. The number of hydrazine groups is 1. The van der Waals surface area contributed by atoms with E-state index in [1.807, 2.05) is 0 Å². The van der Waals surface area contributed by atoms with Crippen molar-refractivity contribution >= 4 is 29.4 Å². The van der Waals surface area contributed by atoms with Crippen molar-refractivity contribution in [2.75, 3.05) is 33.3 Å². The van der Waals surface area contributed by atoms with E-state index in [1.165, 1.54) is 14.0 Å². The number of amides is 2. The van der Waals surface area contributed by atoms with Gasteiger partial charge in [-0.2, -0.15) is 0 Å². The van der Waals surface area contributed by atoms with Crippen LogP contribution in [0.3, 0.4) is 0 Å². The molecule has 44 heavy (non-hydrogen) atoms. The highest BCUT2D eigenvalue weighted by atomic mass is 35.5. The van der Waals surface area contributed by atoms with E-state index >= 15 is 0 Å². The third-order valence-electron chi connectivity index (χ3n) is 10.1. The number of aliphatic hydroxyl groups excluding tert-OH is 1. The Morgan fingerprint density at radius 3 is 2.57 bits per heavy atom. The molecule has 2 amide bonds. The predicted octanol–water partition coefficient (Wildman–Crippen LogP) is 2.65. The Balaban J connectivity index is 1.55. The molecule has 6 N–H and O–H groups in total. The summed E-state index contributed by atoms with van der Waals surface area (Å²) < 4.78 is 33.3. The van der Waals surface area contributed by atoms with Gasteiger partial charge in [-0.15, -0.1) is 0 Å². The first kappa shape index (κ1) is 32.2. The van der Waals surface area contributed by atoms with Crippen LogP contribution >= 0.6 is 11.6 Å². The molecule has 5 rings (SSSR count). The van der Waals surface area contributed by atoms with Crippen molar-refractivity contribution in [3.8, 4) is 5.75 Å². The third-order valence-corrected chi connectivity index (χ3v) is 10.4. The van der Waals surface area contributed by atoms with E-state index < -0.39 is 54.1 Å². The van der Waals surface area contributed by atoms with Gasteiger partial charge in [0.2, 0.25) is 11.8 Å². The number of allylic oxidation sites excluding steroid dienone is 1. The molecule has 242 valence electrons. The standard InChI is InChI=1S/C30H40ClF2N5O6/c1-29(28(42)43)17(4-3-5-22(29)39)27(41)38-11-8-16-18(31)6-7-21(44-14-19(34)25(26(32)33)36(2)35)24(16)20(38)13-37-15-30(9-10-30)12-23(37)40/h6-7,17,20,22,26,39H,3-5,8-15,34-35H2,1-2H3,(H,42,43)/b25-19-/t17?,20?,22?,29-/m1/s1. The topological polar surface area (TPSA) is 163 Å². The molecule has 0 bridgehead atoms. The number of nitrogens with zero attached hydrogens (tertiary/aromatic N) is 3. The molecule has 0 aromatic heterocycles. The van der Waals surface area contributed by atoms with E-state index in [-0.39, 0.29) is 48.7 Å². The van der Waals surface area contributed by atoms with Crippen LogP contribution in [0.15, 0.2) is 23.5 Å². The van der Waals surface area contributed by atoms with Gasteiger partial charge in [0.05, 0.1) is 23.8 Å². The number of carboxylic acids is 1. The molecular formula is C30H40ClF2N5O6. The Morgan fingerprint density at radius 1 is 1.27 bits per heavy atom. The zero-order valence-electron chi connectivity index (χ0n) is 24.9. The fraction of sp³-hybridized carbons (Fsp3) is 0.633. The monoisotopic (exact) mass is 639 g/mol. The molecule has 4 atom stereocenters. The summed E-state index contributed by atoms with van der Waals surface area (Å²) in [4.78, 5) is 43.3. The van der Waals surface area contributed by atoms with Gasteiger partial charge in [-0.3, -0.25) is 14.4 Å². The molecule has 0 radical (unpaired) electrons. The van der Waals surface area contributed by atoms with Crippen LogP contribution in [-0.4, -0.2) is 88.6 Å². The van der Waals surface area contributed by atoms with Gasteiger partial charge in [0.1, 0.15) is 23.5 Å². The lowest BCUT2D eigenvalue weighted by Gasteiger charge is -2.46. The average Bonchev–Trinajstić information content (AvgIpc) is 3.63. The van der Waals surface area contributed by atoms with E-state index in [2.05, 4.69) is 0 Å². The molecule has 1 aromatic carbocycles. The molecule has 1 saturated heterocycles. The van der Waals surface area contributed by atoms with Crippen LogP contribution in [0.4, 0.5) is 8.78 Å². The summed E-state index contributed by atoms with van der Waals surface area (Å²) in [6.07, 6.45) is -0.488. The van der Waals surface area contributed by atoms with Crippen molar-refractivity contribution in [1.82, 2.24) is 14.8 Å². The molecule has 14 heteroatoms. The van der Waals surface area contributed by atoms with Crippen LogP contribution in [0.1, 0.15) is 62.6 Å². The fourth-order valence-electron chi connectivity index (χ4n) is 7.20. The predicted molar refractivity (Wildman–Crippen MR) is 156 cm³/mol. The maximum Gasteiger partial charge on any atom is 0.312 e. The number of aliphatic hydroxyl groups is 1. The lowest BCUT2D eigenvalue weighted by molar-refractivity contribution is -0.173. The lowest BCUT2D eigenvalue weighted by Crippen LogP contribution is -2.56. The highest BCUT2D eigenvalue weighted by molar-refractivity contribution is 6.31. The molecule has 2 saturated carbocycles. The van der Waals surface area contributed by atoms with Gasteiger partial charge in [-0.25, -0.2) is 14.6 Å². The number of carbonyl (C=O) groups excluding carboxylic acids is 2. The van der Waals surface area contributed by atoms with E-state index in [0.29, 0.717) is 42.0 Å². The maximum absolute atomic E-state index is 14.4. The average molecular weight is 640 g/mol. The number of nitrogens with two attached hydrogens (primary N) is 2. The Kier molecular flexibility index (Phi) is 8.78. The molecule has 1 spiro atoms. The zero-order valence-corrected chi connectivity index (χ0v) is 25.7.